The van der Waals surface area contributed by atoms with E-state index in [1.165, 1.54) is 45.3 Å². The maximum Gasteiger partial charge on any atom is 0.150 e. The number of hydrogen-bond acceptors (Lipinski definition) is 6. The van der Waals surface area contributed by atoms with Gasteiger partial charge in [-0.3, -0.25) is 0 Å². The van der Waals surface area contributed by atoms with Crippen molar-refractivity contribution in [3.8, 4) is 19.5 Å². The van der Waals surface area contributed by atoms with Gasteiger partial charge in [-0.2, -0.15) is 0 Å². The van der Waals surface area contributed by atoms with E-state index in [2.05, 4.69) is 0 Å². The van der Waals surface area contributed by atoms with Crippen LogP contribution in [0.15, 0.2) is 72.8 Å². The molecule has 44 heavy (non-hydrogen) atoms. The highest BCUT2D eigenvalue weighted by Crippen LogP contribution is 2.51. The summed E-state index contributed by atoms with van der Waals surface area (Å²) in [7, 11) is 0. The van der Waals surface area contributed by atoms with Crippen LogP contribution < -0.4 is 0 Å². The zero-order chi connectivity index (χ0) is 29.4. The average molecular weight is 689 g/mol. The topological polar surface area (TPSA) is 0 Å². The van der Waals surface area contributed by atoms with Gasteiger partial charge in [0.2, 0.25) is 0 Å². The molecule has 0 unspecified atom stereocenters. The van der Waals surface area contributed by atoms with E-state index in [4.69, 9.17) is 0 Å². The van der Waals surface area contributed by atoms with Gasteiger partial charge in [0.05, 0.1) is 28.9 Å². The number of benzene rings is 4. The smallest absolute Gasteiger partial charge is 0.150 e. The van der Waals surface area contributed by atoms with E-state index in [1.54, 1.807) is 46.9 Å². The Hall–Kier alpha value is -3.38. The molecule has 0 nitrogen and oxygen atoms in total. The molecule has 212 valence electrons. The molecule has 0 aliphatic heterocycles. The molecule has 0 radical (unpaired) electrons. The predicted octanol–water partition coefficient (Wildman–Crippen LogP) is 14.0. The molecule has 6 heterocycles. The Morgan fingerprint density at radius 1 is 0.318 bits per heavy atom. The van der Waals surface area contributed by atoms with Gasteiger partial charge in [-0.1, -0.05) is 36.4 Å². The summed E-state index contributed by atoms with van der Waals surface area (Å²) < 4.78 is 69.4. The summed E-state index contributed by atoms with van der Waals surface area (Å²) in [4.78, 5) is 1.31. The quantitative estimate of drug-likeness (QED) is 0.159. The standard InChI is InChI=1S/C34H12F4S6/c35-25-13-5-1-3-7-19(13)39-31(25)33-27(37)15-9-23-17(11-21(15)43-33)29-30(41-23)18-12-22-16(10-24(18)42-29)28(38)34(44-22)32-26(36)14-6-2-4-8-20(14)40-32/h1-12H. The molecule has 0 saturated carbocycles. The Bertz CT molecular complexity index is 2640. The van der Waals surface area contributed by atoms with Crippen molar-refractivity contribution >= 4 is 138 Å². The highest BCUT2D eigenvalue weighted by atomic mass is 32.1. The van der Waals surface area contributed by atoms with Crippen LogP contribution in [0.25, 0.3) is 89.4 Å². The summed E-state index contributed by atoms with van der Waals surface area (Å²) in [6.07, 6.45) is 0. The molecule has 0 aliphatic rings. The Morgan fingerprint density at radius 2 is 0.636 bits per heavy atom. The van der Waals surface area contributed by atoms with Gasteiger partial charge in [-0.05, 0) is 36.4 Å². The predicted molar refractivity (Wildman–Crippen MR) is 187 cm³/mol. The van der Waals surface area contributed by atoms with Gasteiger partial charge in [0.1, 0.15) is 0 Å². The van der Waals surface area contributed by atoms with Gasteiger partial charge in [0, 0.05) is 60.5 Å². The van der Waals surface area contributed by atoms with E-state index >= 15 is 17.6 Å². The van der Waals surface area contributed by atoms with Gasteiger partial charge >= 0.3 is 0 Å². The van der Waals surface area contributed by atoms with E-state index < -0.39 is 11.6 Å². The molecular weight excluding hydrogens is 677 g/mol. The second-order valence-corrected chi connectivity index (χ2v) is 16.8. The van der Waals surface area contributed by atoms with Crippen molar-refractivity contribution in [3.63, 3.8) is 0 Å². The van der Waals surface area contributed by atoms with Gasteiger partial charge in [0.25, 0.3) is 0 Å². The molecule has 10 aromatic rings. The van der Waals surface area contributed by atoms with Crippen molar-refractivity contribution in [1.29, 1.82) is 0 Å². The molecule has 6 aromatic heterocycles. The number of fused-ring (bicyclic) bond motifs is 9. The highest BCUT2D eigenvalue weighted by Gasteiger charge is 2.25. The zero-order valence-electron chi connectivity index (χ0n) is 21.9. The Kier molecular flexibility index (Phi) is 5.35. The maximum absolute atomic E-state index is 15.8. The first kappa shape index (κ1) is 25.9. The summed E-state index contributed by atoms with van der Waals surface area (Å²) in [6.45, 7) is 0. The molecule has 0 aliphatic carbocycles. The third kappa shape index (κ3) is 3.41. The summed E-state index contributed by atoms with van der Waals surface area (Å²) >= 11 is 8.26. The maximum atomic E-state index is 15.8. The zero-order valence-corrected chi connectivity index (χ0v) is 26.8. The van der Waals surface area contributed by atoms with Crippen LogP contribution in [0.1, 0.15) is 0 Å². The van der Waals surface area contributed by atoms with Gasteiger partial charge in [-0.15, -0.1) is 68.0 Å². The van der Waals surface area contributed by atoms with E-state index in [1.807, 2.05) is 48.5 Å². The molecule has 0 bridgehead atoms. The largest absolute Gasteiger partial charge is 0.205 e. The van der Waals surface area contributed by atoms with Crippen molar-refractivity contribution in [2.24, 2.45) is 0 Å². The third-order valence-electron chi connectivity index (χ3n) is 8.06. The second kappa shape index (κ2) is 9.09. The number of halogens is 4. The van der Waals surface area contributed by atoms with Crippen LogP contribution in [-0.2, 0) is 0 Å². The first-order chi connectivity index (χ1) is 21.4. The van der Waals surface area contributed by atoms with Crippen LogP contribution in [0.3, 0.4) is 0 Å². The SMILES string of the molecule is Fc1c(-c2sc3cc4c(cc3c2F)sc2c3cc5sc(-c6sc7ccccc7c6F)c(F)c5cc3sc42)sc2ccccc12. The van der Waals surface area contributed by atoms with E-state index in [0.29, 0.717) is 41.1 Å². The van der Waals surface area contributed by atoms with Crippen LogP contribution in [0.5, 0.6) is 0 Å². The Morgan fingerprint density at radius 3 is 1.05 bits per heavy atom. The Labute approximate surface area is 269 Å². The summed E-state index contributed by atoms with van der Waals surface area (Å²) in [5, 5.41) is 4.03. The molecule has 0 saturated heterocycles. The molecule has 10 heteroatoms. The molecule has 0 spiro atoms. The number of rotatable bonds is 2. The monoisotopic (exact) mass is 688 g/mol. The lowest BCUT2D eigenvalue weighted by Crippen LogP contribution is -1.77. The minimum absolute atomic E-state index is 0.325. The van der Waals surface area contributed by atoms with E-state index in [-0.39, 0.29) is 11.6 Å². The second-order valence-electron chi connectivity index (χ2n) is 10.5. The molecule has 10 rings (SSSR count). The van der Waals surface area contributed by atoms with Crippen LogP contribution in [0.2, 0.25) is 0 Å². The number of thiophene rings is 6. The van der Waals surface area contributed by atoms with Crippen LogP contribution >= 0.6 is 68.0 Å². The molecular formula is C34H12F4S6. The van der Waals surface area contributed by atoms with Crippen molar-refractivity contribution < 1.29 is 17.6 Å². The summed E-state index contributed by atoms with van der Waals surface area (Å²) in [5.74, 6) is -1.54. The molecule has 0 atom stereocenters. The minimum atomic E-state index is -0.393. The van der Waals surface area contributed by atoms with Crippen LogP contribution in [0.4, 0.5) is 17.6 Å². The lowest BCUT2D eigenvalue weighted by molar-refractivity contribution is 0.635. The lowest BCUT2D eigenvalue weighted by Gasteiger charge is -1.94. The molecule has 0 N–H and O–H groups in total. The van der Waals surface area contributed by atoms with Crippen molar-refractivity contribution in [3.05, 3.63) is 96.1 Å². The fraction of sp³-hybridized carbons (Fsp3) is 0. The summed E-state index contributed by atoms with van der Waals surface area (Å²) in [5.41, 5.74) is 0. The van der Waals surface area contributed by atoms with Crippen molar-refractivity contribution in [2.75, 3.05) is 0 Å². The van der Waals surface area contributed by atoms with Gasteiger partial charge in [-0.25, -0.2) is 17.6 Å². The normalized spacial score (nSPS) is 12.5. The molecule has 0 amide bonds. The molecule has 4 aromatic carbocycles. The van der Waals surface area contributed by atoms with E-state index in [0.717, 1.165) is 48.4 Å². The third-order valence-corrected chi connectivity index (χ3v) is 15.4. The number of hydrogen-bond donors (Lipinski definition) is 0. The lowest BCUT2D eigenvalue weighted by atomic mass is 10.1. The minimum Gasteiger partial charge on any atom is -0.205 e. The van der Waals surface area contributed by atoms with E-state index in [9.17, 15) is 0 Å². The summed E-state index contributed by atoms with van der Waals surface area (Å²) in [6, 6.07) is 22.2. The molecule has 0 fully saturated rings. The Balaban J connectivity index is 1.15. The fourth-order valence-corrected chi connectivity index (χ4v) is 13.3. The fourth-order valence-electron chi connectivity index (χ4n) is 5.99. The first-order valence-corrected chi connectivity index (χ1v) is 18.3. The van der Waals surface area contributed by atoms with Crippen molar-refractivity contribution in [2.45, 2.75) is 0 Å². The van der Waals surface area contributed by atoms with Gasteiger partial charge in [0.15, 0.2) is 23.3 Å². The van der Waals surface area contributed by atoms with Gasteiger partial charge < -0.3 is 0 Å². The van der Waals surface area contributed by atoms with Crippen LogP contribution in [-0.4, -0.2) is 0 Å². The van der Waals surface area contributed by atoms with Crippen LogP contribution in [0, 0.1) is 23.3 Å². The van der Waals surface area contributed by atoms with Crippen molar-refractivity contribution in [1.82, 2.24) is 0 Å². The average Bonchev–Trinajstić information content (AvgIpc) is 3.86. The highest BCUT2D eigenvalue weighted by molar-refractivity contribution is 7.37. The first-order valence-electron chi connectivity index (χ1n) is 13.4.